The Morgan fingerprint density at radius 2 is 2.20 bits per heavy atom. The summed E-state index contributed by atoms with van der Waals surface area (Å²) >= 11 is 0. The maximum absolute atomic E-state index is 9.62. The number of unbranched alkanes of at least 4 members (excludes halogenated alkanes) is 3. The molecule has 0 atom stereocenters. The molecule has 0 N–H and O–H groups in total. The SMILES string of the molecule is N#CCCCCCOC=O. The molecular weight excluding hydrogens is 130 g/mol. The lowest BCUT2D eigenvalue weighted by molar-refractivity contribution is -0.128. The molecule has 0 amide bonds. The van der Waals surface area contributed by atoms with E-state index in [4.69, 9.17) is 5.26 Å². The summed E-state index contributed by atoms with van der Waals surface area (Å²) in [6.45, 7) is 0.930. The Morgan fingerprint density at radius 1 is 1.40 bits per heavy atom. The Balaban J connectivity index is 2.78. The molecule has 0 fully saturated rings. The molecule has 56 valence electrons. The van der Waals surface area contributed by atoms with Gasteiger partial charge in [0.1, 0.15) is 0 Å². The van der Waals surface area contributed by atoms with Crippen molar-refractivity contribution in [1.29, 1.82) is 5.26 Å². The molecular formula is C7H11NO2. The monoisotopic (exact) mass is 141 g/mol. The summed E-state index contributed by atoms with van der Waals surface area (Å²) in [5.41, 5.74) is 0. The van der Waals surface area contributed by atoms with Crippen LogP contribution in [0.15, 0.2) is 0 Å². The Labute approximate surface area is 60.6 Å². The van der Waals surface area contributed by atoms with Crippen molar-refractivity contribution in [2.75, 3.05) is 6.61 Å². The molecule has 0 aromatic rings. The van der Waals surface area contributed by atoms with Crippen LogP contribution < -0.4 is 0 Å². The highest BCUT2D eigenvalue weighted by Gasteiger charge is 1.87. The van der Waals surface area contributed by atoms with Crippen molar-refractivity contribution in [3.63, 3.8) is 0 Å². The van der Waals surface area contributed by atoms with Crippen LogP contribution in [0.2, 0.25) is 0 Å². The van der Waals surface area contributed by atoms with Crippen molar-refractivity contribution in [2.45, 2.75) is 25.7 Å². The zero-order chi connectivity index (χ0) is 7.66. The molecule has 0 saturated carbocycles. The second kappa shape index (κ2) is 7.96. The van der Waals surface area contributed by atoms with Crippen LogP contribution in [0.5, 0.6) is 0 Å². The van der Waals surface area contributed by atoms with E-state index in [0.29, 0.717) is 19.5 Å². The fourth-order valence-corrected chi connectivity index (χ4v) is 0.614. The van der Waals surface area contributed by atoms with Crippen LogP contribution >= 0.6 is 0 Å². The van der Waals surface area contributed by atoms with Gasteiger partial charge < -0.3 is 4.74 Å². The second-order valence-electron chi connectivity index (χ2n) is 1.94. The number of hydrogen-bond donors (Lipinski definition) is 0. The molecule has 0 aliphatic heterocycles. The Kier molecular flexibility index (Phi) is 7.13. The van der Waals surface area contributed by atoms with Crippen LogP contribution in [0.3, 0.4) is 0 Å². The predicted octanol–water partition coefficient (Wildman–Crippen LogP) is 1.24. The summed E-state index contributed by atoms with van der Waals surface area (Å²) in [5.74, 6) is 0. The third-order valence-corrected chi connectivity index (χ3v) is 1.12. The van der Waals surface area contributed by atoms with Gasteiger partial charge in [-0.25, -0.2) is 0 Å². The molecule has 0 radical (unpaired) electrons. The van der Waals surface area contributed by atoms with Gasteiger partial charge in [0, 0.05) is 6.42 Å². The van der Waals surface area contributed by atoms with Gasteiger partial charge in [-0.2, -0.15) is 5.26 Å². The van der Waals surface area contributed by atoms with Crippen LogP contribution in [0.4, 0.5) is 0 Å². The molecule has 0 heterocycles. The number of rotatable bonds is 6. The Hall–Kier alpha value is -1.04. The van der Waals surface area contributed by atoms with Gasteiger partial charge in [-0.15, -0.1) is 0 Å². The van der Waals surface area contributed by atoms with Crippen molar-refractivity contribution < 1.29 is 9.53 Å². The first-order valence-electron chi connectivity index (χ1n) is 3.34. The average molecular weight is 141 g/mol. The molecule has 0 aliphatic carbocycles. The fourth-order valence-electron chi connectivity index (χ4n) is 0.614. The lowest BCUT2D eigenvalue weighted by atomic mass is 10.2. The molecule has 10 heavy (non-hydrogen) atoms. The maximum Gasteiger partial charge on any atom is 0.293 e. The van der Waals surface area contributed by atoms with E-state index in [1.165, 1.54) is 0 Å². The quantitative estimate of drug-likeness (QED) is 0.413. The average Bonchev–Trinajstić information content (AvgIpc) is 1.97. The topological polar surface area (TPSA) is 50.1 Å². The van der Waals surface area contributed by atoms with E-state index in [9.17, 15) is 4.79 Å². The standard InChI is InChI=1S/C7H11NO2/c8-5-3-1-2-4-6-10-7-9/h7H,1-4,6H2. The summed E-state index contributed by atoms with van der Waals surface area (Å²) in [6.07, 6.45) is 3.32. The zero-order valence-corrected chi connectivity index (χ0v) is 5.88. The minimum absolute atomic E-state index is 0.449. The first-order chi connectivity index (χ1) is 4.91. The van der Waals surface area contributed by atoms with Crippen molar-refractivity contribution >= 4 is 6.47 Å². The minimum atomic E-state index is 0.449. The summed E-state index contributed by atoms with van der Waals surface area (Å²) in [5, 5.41) is 8.13. The molecule has 0 unspecified atom stereocenters. The van der Waals surface area contributed by atoms with Crippen LogP contribution in [0.1, 0.15) is 25.7 Å². The van der Waals surface area contributed by atoms with E-state index in [1.54, 1.807) is 0 Å². The van der Waals surface area contributed by atoms with Gasteiger partial charge in [-0.1, -0.05) is 0 Å². The lowest BCUT2D eigenvalue weighted by Gasteiger charge is -1.95. The largest absolute Gasteiger partial charge is 0.468 e. The van der Waals surface area contributed by atoms with Gasteiger partial charge >= 0.3 is 0 Å². The van der Waals surface area contributed by atoms with Crippen molar-refractivity contribution in [3.05, 3.63) is 0 Å². The number of carbonyl (C=O) groups is 1. The summed E-state index contributed by atoms with van der Waals surface area (Å²) in [4.78, 5) is 9.62. The highest BCUT2D eigenvalue weighted by Crippen LogP contribution is 1.97. The number of hydrogen-bond acceptors (Lipinski definition) is 3. The third-order valence-electron chi connectivity index (χ3n) is 1.12. The van der Waals surface area contributed by atoms with E-state index in [1.807, 2.05) is 6.07 Å². The molecule has 0 bridgehead atoms. The first kappa shape index (κ1) is 8.96. The fraction of sp³-hybridized carbons (Fsp3) is 0.714. The van der Waals surface area contributed by atoms with Crippen molar-refractivity contribution in [3.8, 4) is 6.07 Å². The van der Waals surface area contributed by atoms with E-state index >= 15 is 0 Å². The van der Waals surface area contributed by atoms with E-state index < -0.39 is 0 Å². The maximum atomic E-state index is 9.62. The molecule has 3 nitrogen and oxygen atoms in total. The van der Waals surface area contributed by atoms with Crippen LogP contribution in [0.25, 0.3) is 0 Å². The molecule has 3 heteroatoms. The molecule has 0 spiro atoms. The highest BCUT2D eigenvalue weighted by molar-refractivity contribution is 5.36. The summed E-state index contributed by atoms with van der Waals surface area (Å²) in [7, 11) is 0. The van der Waals surface area contributed by atoms with E-state index in [2.05, 4.69) is 4.74 Å². The molecule has 0 rings (SSSR count). The van der Waals surface area contributed by atoms with Gasteiger partial charge in [0.15, 0.2) is 0 Å². The van der Waals surface area contributed by atoms with Crippen molar-refractivity contribution in [1.82, 2.24) is 0 Å². The van der Waals surface area contributed by atoms with Crippen molar-refractivity contribution in [2.24, 2.45) is 0 Å². The molecule has 0 aromatic carbocycles. The lowest BCUT2D eigenvalue weighted by Crippen LogP contribution is -1.90. The van der Waals surface area contributed by atoms with Crippen LogP contribution in [-0.2, 0) is 9.53 Å². The second-order valence-corrected chi connectivity index (χ2v) is 1.94. The first-order valence-corrected chi connectivity index (χ1v) is 3.34. The van der Waals surface area contributed by atoms with Gasteiger partial charge in [0.25, 0.3) is 6.47 Å². The van der Waals surface area contributed by atoms with Gasteiger partial charge in [0.2, 0.25) is 0 Å². The summed E-state index contributed by atoms with van der Waals surface area (Å²) in [6, 6.07) is 2.05. The molecule has 0 saturated heterocycles. The Morgan fingerprint density at radius 3 is 2.80 bits per heavy atom. The van der Waals surface area contributed by atoms with Gasteiger partial charge in [-0.05, 0) is 19.3 Å². The zero-order valence-electron chi connectivity index (χ0n) is 5.88. The Bertz CT molecular complexity index is 117. The minimum Gasteiger partial charge on any atom is -0.468 e. The van der Waals surface area contributed by atoms with E-state index in [-0.39, 0.29) is 0 Å². The number of nitriles is 1. The predicted molar refractivity (Wildman–Crippen MR) is 36.1 cm³/mol. The smallest absolute Gasteiger partial charge is 0.293 e. The summed E-state index contributed by atoms with van der Waals surface area (Å²) < 4.78 is 4.45. The van der Waals surface area contributed by atoms with Crippen LogP contribution in [0, 0.1) is 11.3 Å². The molecule has 0 aromatic heterocycles. The number of carbonyl (C=O) groups excluding carboxylic acids is 1. The number of ether oxygens (including phenoxy) is 1. The normalized spacial score (nSPS) is 8.30. The van der Waals surface area contributed by atoms with Gasteiger partial charge in [0.05, 0.1) is 12.7 Å². The van der Waals surface area contributed by atoms with Crippen LogP contribution in [-0.4, -0.2) is 13.1 Å². The molecule has 0 aliphatic rings. The van der Waals surface area contributed by atoms with E-state index in [0.717, 1.165) is 19.3 Å². The third kappa shape index (κ3) is 6.96. The number of nitrogens with zero attached hydrogens (tertiary/aromatic N) is 1. The van der Waals surface area contributed by atoms with Gasteiger partial charge in [-0.3, -0.25) is 4.79 Å². The highest BCUT2D eigenvalue weighted by atomic mass is 16.5.